The molecule has 1 atom stereocenters. The Labute approximate surface area is 95.4 Å². The standard InChI is InChI=1S/C9H11ClN2O4/c10-7-6-2-1-5(3-13)16-4-12(6)9(15)11-8(7)14/h5,13H,1-4H2,(H,11,14,15). The number of nitrogens with zero attached hydrogens (tertiary/aromatic N) is 1. The molecule has 6 nitrogen and oxygen atoms in total. The zero-order valence-electron chi connectivity index (χ0n) is 8.40. The average Bonchev–Trinajstić information content (AvgIpc) is 2.48. The number of ether oxygens (including phenoxy) is 1. The van der Waals surface area contributed by atoms with Gasteiger partial charge in [0, 0.05) is 5.69 Å². The maximum absolute atomic E-state index is 11.5. The molecule has 0 aliphatic carbocycles. The molecule has 1 unspecified atom stereocenters. The van der Waals surface area contributed by atoms with E-state index in [0.29, 0.717) is 18.5 Å². The number of fused-ring (bicyclic) bond motifs is 1. The molecule has 88 valence electrons. The average molecular weight is 247 g/mol. The van der Waals surface area contributed by atoms with Crippen LogP contribution in [0.3, 0.4) is 0 Å². The predicted molar refractivity (Wildman–Crippen MR) is 56.6 cm³/mol. The van der Waals surface area contributed by atoms with Crippen LogP contribution in [0.4, 0.5) is 0 Å². The van der Waals surface area contributed by atoms with Gasteiger partial charge in [-0.2, -0.15) is 0 Å². The summed E-state index contributed by atoms with van der Waals surface area (Å²) in [6.45, 7) is -0.121. The normalized spacial score (nSPS) is 20.2. The summed E-state index contributed by atoms with van der Waals surface area (Å²) in [5.74, 6) is 0. The van der Waals surface area contributed by atoms with Crippen molar-refractivity contribution in [1.29, 1.82) is 0 Å². The number of hydrogen-bond donors (Lipinski definition) is 2. The van der Waals surface area contributed by atoms with E-state index in [1.165, 1.54) is 4.57 Å². The van der Waals surface area contributed by atoms with E-state index >= 15 is 0 Å². The molecule has 0 fully saturated rings. The van der Waals surface area contributed by atoms with Crippen LogP contribution in [-0.4, -0.2) is 27.4 Å². The molecule has 0 spiro atoms. The molecular formula is C9H11ClN2O4. The summed E-state index contributed by atoms with van der Waals surface area (Å²) in [4.78, 5) is 24.9. The SMILES string of the molecule is O=c1[nH]c(=O)n2c(c1Cl)CCC(CO)OC2. The molecule has 7 heteroatoms. The molecule has 0 saturated carbocycles. The molecule has 2 N–H and O–H groups in total. The van der Waals surface area contributed by atoms with Gasteiger partial charge in [0.2, 0.25) is 0 Å². The summed E-state index contributed by atoms with van der Waals surface area (Å²) in [6, 6.07) is 0. The lowest BCUT2D eigenvalue weighted by atomic mass is 10.1. The zero-order chi connectivity index (χ0) is 11.7. The fraction of sp³-hybridized carbons (Fsp3) is 0.556. The van der Waals surface area contributed by atoms with E-state index < -0.39 is 11.2 Å². The fourth-order valence-electron chi connectivity index (χ4n) is 1.68. The highest BCUT2D eigenvalue weighted by Crippen LogP contribution is 2.16. The highest BCUT2D eigenvalue weighted by molar-refractivity contribution is 6.31. The number of aromatic nitrogens is 2. The molecule has 0 radical (unpaired) electrons. The Balaban J connectivity index is 2.49. The Bertz CT molecular complexity index is 507. The van der Waals surface area contributed by atoms with Gasteiger partial charge in [0.15, 0.2) is 0 Å². The van der Waals surface area contributed by atoms with E-state index in [1.54, 1.807) is 0 Å². The summed E-state index contributed by atoms with van der Waals surface area (Å²) in [7, 11) is 0. The first-order valence-electron chi connectivity index (χ1n) is 4.87. The second-order valence-corrected chi connectivity index (χ2v) is 3.96. The largest absolute Gasteiger partial charge is 0.394 e. The van der Waals surface area contributed by atoms with Gasteiger partial charge in [-0.1, -0.05) is 11.6 Å². The number of aliphatic hydroxyl groups excluding tert-OH is 1. The lowest BCUT2D eigenvalue weighted by Gasteiger charge is -2.10. The maximum atomic E-state index is 11.5. The van der Waals surface area contributed by atoms with Crippen LogP contribution in [0, 0.1) is 0 Å². The minimum atomic E-state index is -0.583. The Kier molecular flexibility index (Phi) is 3.13. The van der Waals surface area contributed by atoms with E-state index in [-0.39, 0.29) is 24.5 Å². The monoisotopic (exact) mass is 246 g/mol. The highest BCUT2D eigenvalue weighted by atomic mass is 35.5. The Morgan fingerprint density at radius 1 is 1.56 bits per heavy atom. The van der Waals surface area contributed by atoms with Crippen molar-refractivity contribution in [2.75, 3.05) is 6.61 Å². The molecule has 2 heterocycles. The van der Waals surface area contributed by atoms with Crippen LogP contribution < -0.4 is 11.2 Å². The molecule has 0 aromatic carbocycles. The van der Waals surface area contributed by atoms with E-state index in [2.05, 4.69) is 4.98 Å². The van der Waals surface area contributed by atoms with E-state index in [1.807, 2.05) is 0 Å². The van der Waals surface area contributed by atoms with Crippen molar-refractivity contribution in [3.8, 4) is 0 Å². The summed E-state index contributed by atoms with van der Waals surface area (Å²) in [5.41, 5.74) is -0.658. The van der Waals surface area contributed by atoms with Crippen molar-refractivity contribution in [2.45, 2.75) is 25.7 Å². The molecular weight excluding hydrogens is 236 g/mol. The zero-order valence-corrected chi connectivity index (χ0v) is 9.16. The van der Waals surface area contributed by atoms with Gasteiger partial charge in [-0.15, -0.1) is 0 Å². The summed E-state index contributed by atoms with van der Waals surface area (Å²) in [6.07, 6.45) is 0.632. The third-order valence-corrected chi connectivity index (χ3v) is 2.98. The van der Waals surface area contributed by atoms with Crippen LogP contribution in [0.1, 0.15) is 12.1 Å². The van der Waals surface area contributed by atoms with Crippen LogP contribution in [0.5, 0.6) is 0 Å². The van der Waals surface area contributed by atoms with Crippen LogP contribution >= 0.6 is 11.6 Å². The van der Waals surface area contributed by atoms with Crippen LogP contribution in [0.25, 0.3) is 0 Å². The number of hydrogen-bond acceptors (Lipinski definition) is 4. The first kappa shape index (κ1) is 11.4. The van der Waals surface area contributed by atoms with Crippen molar-refractivity contribution in [3.05, 3.63) is 31.6 Å². The Hall–Kier alpha value is -1.11. The number of halogens is 1. The summed E-state index contributed by atoms with van der Waals surface area (Å²) >= 11 is 5.83. The van der Waals surface area contributed by atoms with Crippen LogP contribution in [0.15, 0.2) is 9.59 Å². The molecule has 0 bridgehead atoms. The van der Waals surface area contributed by atoms with E-state index in [0.717, 1.165) is 0 Å². The third-order valence-electron chi connectivity index (χ3n) is 2.59. The Morgan fingerprint density at radius 3 is 3.00 bits per heavy atom. The van der Waals surface area contributed by atoms with Gasteiger partial charge in [0.25, 0.3) is 5.56 Å². The fourth-order valence-corrected chi connectivity index (χ4v) is 1.92. The van der Waals surface area contributed by atoms with Gasteiger partial charge in [-0.25, -0.2) is 4.79 Å². The second-order valence-electron chi connectivity index (χ2n) is 3.59. The lowest BCUT2D eigenvalue weighted by molar-refractivity contribution is -0.0213. The first-order valence-corrected chi connectivity index (χ1v) is 5.25. The van der Waals surface area contributed by atoms with E-state index in [9.17, 15) is 9.59 Å². The van der Waals surface area contributed by atoms with Gasteiger partial charge in [0.05, 0.1) is 12.7 Å². The van der Waals surface area contributed by atoms with Crippen molar-refractivity contribution in [1.82, 2.24) is 9.55 Å². The van der Waals surface area contributed by atoms with Crippen LogP contribution in [-0.2, 0) is 17.9 Å². The number of H-pyrrole nitrogens is 1. The van der Waals surface area contributed by atoms with Gasteiger partial charge in [-0.05, 0) is 12.8 Å². The smallest absolute Gasteiger partial charge is 0.330 e. The quantitative estimate of drug-likeness (QED) is 0.698. The first-order chi connectivity index (χ1) is 7.63. The predicted octanol–water partition coefficient (Wildman–Crippen LogP) is -0.529. The number of rotatable bonds is 1. The molecule has 2 rings (SSSR count). The molecule has 1 aliphatic heterocycles. The van der Waals surface area contributed by atoms with Gasteiger partial charge in [-0.3, -0.25) is 14.3 Å². The van der Waals surface area contributed by atoms with Gasteiger partial charge in [0.1, 0.15) is 11.8 Å². The van der Waals surface area contributed by atoms with Crippen molar-refractivity contribution < 1.29 is 9.84 Å². The lowest BCUT2D eigenvalue weighted by Crippen LogP contribution is -2.33. The molecule has 0 saturated heterocycles. The molecule has 16 heavy (non-hydrogen) atoms. The minimum absolute atomic E-state index is 0.00407. The van der Waals surface area contributed by atoms with Gasteiger partial charge >= 0.3 is 5.69 Å². The van der Waals surface area contributed by atoms with Crippen molar-refractivity contribution in [2.24, 2.45) is 0 Å². The molecule has 0 amide bonds. The maximum Gasteiger partial charge on any atom is 0.330 e. The van der Waals surface area contributed by atoms with Crippen molar-refractivity contribution in [3.63, 3.8) is 0 Å². The second kappa shape index (κ2) is 4.40. The molecule has 1 aliphatic rings. The topological polar surface area (TPSA) is 84.3 Å². The number of nitrogens with one attached hydrogen (secondary N) is 1. The number of aromatic amines is 1. The van der Waals surface area contributed by atoms with E-state index in [4.69, 9.17) is 21.4 Å². The molecule has 1 aromatic heterocycles. The third kappa shape index (κ3) is 1.91. The van der Waals surface area contributed by atoms with Crippen molar-refractivity contribution >= 4 is 11.6 Å². The minimum Gasteiger partial charge on any atom is -0.394 e. The van der Waals surface area contributed by atoms with Crippen LogP contribution in [0.2, 0.25) is 5.02 Å². The Morgan fingerprint density at radius 2 is 2.31 bits per heavy atom. The molecule has 1 aromatic rings. The summed E-state index contributed by atoms with van der Waals surface area (Å²) in [5, 5.41) is 8.99. The summed E-state index contributed by atoms with van der Waals surface area (Å²) < 4.78 is 6.56. The highest BCUT2D eigenvalue weighted by Gasteiger charge is 2.20. The number of aliphatic hydroxyl groups is 1. The van der Waals surface area contributed by atoms with Gasteiger partial charge < -0.3 is 9.84 Å².